The van der Waals surface area contributed by atoms with E-state index >= 15 is 0 Å². The van der Waals surface area contributed by atoms with Crippen molar-refractivity contribution in [3.05, 3.63) is 52.3 Å². The van der Waals surface area contributed by atoms with E-state index in [1.165, 1.54) is 16.7 Å². The van der Waals surface area contributed by atoms with Crippen molar-refractivity contribution in [3.63, 3.8) is 0 Å². The lowest BCUT2D eigenvalue weighted by molar-refractivity contribution is 0.613. The molecule has 0 fully saturated rings. The van der Waals surface area contributed by atoms with Crippen LogP contribution < -0.4 is 5.73 Å². The second-order valence-corrected chi connectivity index (χ2v) is 5.02. The maximum Gasteiger partial charge on any atom is 0.0597 e. The lowest BCUT2D eigenvalue weighted by Crippen LogP contribution is -2.18. The molecule has 3 heteroatoms. The Morgan fingerprint density at radius 1 is 1.22 bits per heavy atom. The average molecular weight is 243 g/mol. The largest absolute Gasteiger partial charge is 0.322 e. The van der Waals surface area contributed by atoms with Gasteiger partial charge in [-0.3, -0.25) is 4.68 Å². The van der Waals surface area contributed by atoms with Crippen LogP contribution in [-0.4, -0.2) is 9.78 Å². The first-order valence-corrected chi connectivity index (χ1v) is 6.30. The molecule has 18 heavy (non-hydrogen) atoms. The Balaban J connectivity index is 2.26. The van der Waals surface area contributed by atoms with Gasteiger partial charge in [0.15, 0.2) is 0 Å². The molecule has 96 valence electrons. The molecule has 0 aliphatic rings. The fourth-order valence-electron chi connectivity index (χ4n) is 2.47. The van der Waals surface area contributed by atoms with Crippen LogP contribution >= 0.6 is 0 Å². The van der Waals surface area contributed by atoms with Crippen molar-refractivity contribution in [2.24, 2.45) is 12.8 Å². The van der Waals surface area contributed by atoms with Crippen LogP contribution in [0.3, 0.4) is 0 Å². The van der Waals surface area contributed by atoms with E-state index in [0.717, 1.165) is 17.8 Å². The molecule has 2 aromatic rings. The molecule has 1 aromatic carbocycles. The van der Waals surface area contributed by atoms with Gasteiger partial charge in [0, 0.05) is 7.05 Å². The smallest absolute Gasteiger partial charge is 0.0597 e. The molecule has 2 rings (SSSR count). The average Bonchev–Trinajstić information content (AvgIpc) is 2.63. The van der Waals surface area contributed by atoms with Crippen LogP contribution in [0.5, 0.6) is 0 Å². The van der Waals surface area contributed by atoms with Crippen molar-refractivity contribution >= 4 is 0 Å². The topological polar surface area (TPSA) is 43.8 Å². The molecule has 0 spiro atoms. The Morgan fingerprint density at radius 3 is 2.33 bits per heavy atom. The van der Waals surface area contributed by atoms with Crippen molar-refractivity contribution in [2.75, 3.05) is 0 Å². The Kier molecular flexibility index (Phi) is 3.53. The van der Waals surface area contributed by atoms with E-state index in [0.29, 0.717) is 0 Å². The quantitative estimate of drug-likeness (QED) is 0.900. The van der Waals surface area contributed by atoms with Gasteiger partial charge in [-0.1, -0.05) is 18.2 Å². The van der Waals surface area contributed by atoms with Gasteiger partial charge in [-0.2, -0.15) is 5.10 Å². The molecule has 1 aromatic heterocycles. The number of hydrogen-bond donors (Lipinski definition) is 1. The van der Waals surface area contributed by atoms with Crippen molar-refractivity contribution in [1.82, 2.24) is 9.78 Å². The van der Waals surface area contributed by atoms with Crippen molar-refractivity contribution in [2.45, 2.75) is 33.2 Å². The third-order valence-corrected chi connectivity index (χ3v) is 3.49. The number of nitrogens with zero attached hydrogens (tertiary/aromatic N) is 2. The minimum absolute atomic E-state index is 0.00370. The zero-order chi connectivity index (χ0) is 13.3. The predicted octanol–water partition coefficient (Wildman–Crippen LogP) is 2.59. The third-order valence-electron chi connectivity index (χ3n) is 3.49. The summed E-state index contributed by atoms with van der Waals surface area (Å²) in [5.41, 5.74) is 12.4. The summed E-state index contributed by atoms with van der Waals surface area (Å²) in [5, 5.41) is 4.36. The van der Waals surface area contributed by atoms with Crippen LogP contribution in [0.25, 0.3) is 0 Å². The summed E-state index contributed by atoms with van der Waals surface area (Å²) in [5.74, 6) is 0. The van der Waals surface area contributed by atoms with Gasteiger partial charge in [-0.05, 0) is 49.9 Å². The second-order valence-electron chi connectivity index (χ2n) is 5.02. The van der Waals surface area contributed by atoms with Gasteiger partial charge in [-0.25, -0.2) is 0 Å². The highest BCUT2D eigenvalue weighted by Gasteiger charge is 2.14. The normalized spacial score (nSPS) is 12.7. The van der Waals surface area contributed by atoms with Gasteiger partial charge in [0.2, 0.25) is 0 Å². The van der Waals surface area contributed by atoms with Gasteiger partial charge in [-0.15, -0.1) is 0 Å². The molecule has 3 nitrogen and oxygen atoms in total. The molecule has 0 amide bonds. The maximum absolute atomic E-state index is 6.32. The summed E-state index contributed by atoms with van der Waals surface area (Å²) in [6, 6.07) is 8.44. The van der Waals surface area contributed by atoms with Crippen molar-refractivity contribution < 1.29 is 0 Å². The molecular formula is C15H21N3. The van der Waals surface area contributed by atoms with E-state index in [2.05, 4.69) is 43.2 Å². The minimum atomic E-state index is -0.00370. The Hall–Kier alpha value is -1.61. The van der Waals surface area contributed by atoms with Gasteiger partial charge >= 0.3 is 0 Å². The lowest BCUT2D eigenvalue weighted by atomic mass is 9.95. The Bertz CT molecular complexity index is 535. The standard InChI is InChI=1S/C15H21N3/c1-10-6-5-7-11(2)13(10)9-14(16)15-8-12(3)17-18(15)4/h5-8,14H,9,16H2,1-4H3. The highest BCUT2D eigenvalue weighted by molar-refractivity contribution is 5.35. The van der Waals surface area contributed by atoms with Gasteiger partial charge in [0.1, 0.15) is 0 Å². The maximum atomic E-state index is 6.32. The number of aryl methyl sites for hydroxylation is 4. The van der Waals surface area contributed by atoms with Crippen molar-refractivity contribution in [1.29, 1.82) is 0 Å². The zero-order valence-electron chi connectivity index (χ0n) is 11.6. The Labute approximate surface area is 109 Å². The van der Waals surface area contributed by atoms with Gasteiger partial charge in [0.25, 0.3) is 0 Å². The minimum Gasteiger partial charge on any atom is -0.322 e. The zero-order valence-corrected chi connectivity index (χ0v) is 11.6. The molecule has 0 radical (unpaired) electrons. The van der Waals surface area contributed by atoms with E-state index in [9.17, 15) is 0 Å². The van der Waals surface area contributed by atoms with Crippen LogP contribution in [0.2, 0.25) is 0 Å². The number of benzene rings is 1. The molecule has 0 aliphatic heterocycles. The number of aromatic nitrogens is 2. The van der Waals surface area contributed by atoms with E-state index in [1.807, 2.05) is 18.7 Å². The summed E-state index contributed by atoms with van der Waals surface area (Å²) in [6.07, 6.45) is 0.859. The second kappa shape index (κ2) is 4.94. The molecule has 1 unspecified atom stereocenters. The highest BCUT2D eigenvalue weighted by Crippen LogP contribution is 2.21. The lowest BCUT2D eigenvalue weighted by Gasteiger charge is -2.15. The first kappa shape index (κ1) is 12.8. The van der Waals surface area contributed by atoms with Crippen LogP contribution in [0.1, 0.15) is 34.1 Å². The molecule has 1 atom stereocenters. The molecule has 0 bridgehead atoms. The van der Waals surface area contributed by atoms with Crippen LogP contribution in [0.4, 0.5) is 0 Å². The molecule has 0 aliphatic carbocycles. The molecule has 2 N–H and O–H groups in total. The van der Waals surface area contributed by atoms with Gasteiger partial charge < -0.3 is 5.73 Å². The first-order valence-electron chi connectivity index (χ1n) is 6.30. The number of hydrogen-bond acceptors (Lipinski definition) is 2. The van der Waals surface area contributed by atoms with E-state index in [4.69, 9.17) is 5.73 Å². The SMILES string of the molecule is Cc1cc(C(N)Cc2c(C)cccc2C)n(C)n1. The summed E-state index contributed by atoms with van der Waals surface area (Å²) < 4.78 is 1.88. The first-order chi connectivity index (χ1) is 8.49. The summed E-state index contributed by atoms with van der Waals surface area (Å²) in [4.78, 5) is 0. The number of nitrogens with two attached hydrogens (primary N) is 1. The monoisotopic (exact) mass is 243 g/mol. The molecule has 0 saturated carbocycles. The van der Waals surface area contributed by atoms with Crippen LogP contribution in [0.15, 0.2) is 24.3 Å². The fraction of sp³-hybridized carbons (Fsp3) is 0.400. The molecule has 0 saturated heterocycles. The van der Waals surface area contributed by atoms with E-state index in [-0.39, 0.29) is 6.04 Å². The highest BCUT2D eigenvalue weighted by atomic mass is 15.3. The predicted molar refractivity (Wildman–Crippen MR) is 74.5 cm³/mol. The van der Waals surface area contributed by atoms with Crippen molar-refractivity contribution in [3.8, 4) is 0 Å². The number of rotatable bonds is 3. The van der Waals surface area contributed by atoms with Crippen LogP contribution in [0, 0.1) is 20.8 Å². The fourth-order valence-corrected chi connectivity index (χ4v) is 2.47. The van der Waals surface area contributed by atoms with E-state index in [1.54, 1.807) is 0 Å². The summed E-state index contributed by atoms with van der Waals surface area (Å²) in [7, 11) is 1.95. The third kappa shape index (κ3) is 2.46. The molecule has 1 heterocycles. The van der Waals surface area contributed by atoms with Gasteiger partial charge in [0.05, 0.1) is 17.4 Å². The van der Waals surface area contributed by atoms with E-state index < -0.39 is 0 Å². The summed E-state index contributed by atoms with van der Waals surface area (Å²) in [6.45, 7) is 6.28. The summed E-state index contributed by atoms with van der Waals surface area (Å²) >= 11 is 0. The van der Waals surface area contributed by atoms with Crippen LogP contribution in [-0.2, 0) is 13.5 Å². The molecular weight excluding hydrogens is 222 g/mol. The Morgan fingerprint density at radius 2 is 1.83 bits per heavy atom.